The molecular weight excluding hydrogens is 298 g/mol. The minimum atomic E-state index is 0.335. The molecule has 0 aromatic heterocycles. The van der Waals surface area contributed by atoms with Crippen LogP contribution in [0.5, 0.6) is 5.75 Å². The molecule has 0 atom stereocenters. The molecule has 132 valence electrons. The van der Waals surface area contributed by atoms with Crippen molar-refractivity contribution in [3.05, 3.63) is 29.8 Å². The standard InChI is InChI=1S/C20H31N3O/c1-2-21-19(22-13-9-17-7-6-8-18(24)15-17)23-14-12-20(16-23)10-4-3-5-11-20/h6-8,15,24H,2-5,9-14,16H2,1H3,(H,21,22). The summed E-state index contributed by atoms with van der Waals surface area (Å²) in [5.74, 6) is 1.40. The summed E-state index contributed by atoms with van der Waals surface area (Å²) in [5.41, 5.74) is 1.69. The van der Waals surface area contributed by atoms with Gasteiger partial charge in [0, 0.05) is 26.2 Å². The first-order valence-electron chi connectivity index (χ1n) is 9.52. The number of benzene rings is 1. The van der Waals surface area contributed by atoms with E-state index >= 15 is 0 Å². The van der Waals surface area contributed by atoms with Crippen LogP contribution in [-0.2, 0) is 6.42 Å². The molecule has 2 N–H and O–H groups in total. The maximum absolute atomic E-state index is 9.56. The van der Waals surface area contributed by atoms with E-state index in [2.05, 4.69) is 23.2 Å². The van der Waals surface area contributed by atoms with Gasteiger partial charge in [-0.15, -0.1) is 0 Å². The molecule has 1 aliphatic heterocycles. The predicted molar refractivity (Wildman–Crippen MR) is 99.5 cm³/mol. The number of aliphatic imine (C=N–C) groups is 1. The fraction of sp³-hybridized carbons (Fsp3) is 0.650. The van der Waals surface area contributed by atoms with Crippen molar-refractivity contribution in [2.75, 3.05) is 26.2 Å². The van der Waals surface area contributed by atoms with Crippen molar-refractivity contribution in [1.82, 2.24) is 10.2 Å². The molecule has 0 bridgehead atoms. The van der Waals surface area contributed by atoms with Crippen LogP contribution in [-0.4, -0.2) is 42.1 Å². The van der Waals surface area contributed by atoms with Crippen LogP contribution in [0.3, 0.4) is 0 Å². The molecule has 1 aromatic rings. The van der Waals surface area contributed by atoms with Gasteiger partial charge in [0.15, 0.2) is 5.96 Å². The van der Waals surface area contributed by atoms with Gasteiger partial charge in [0.1, 0.15) is 5.75 Å². The Morgan fingerprint density at radius 3 is 2.83 bits per heavy atom. The Bertz CT molecular complexity index is 564. The summed E-state index contributed by atoms with van der Waals surface area (Å²) in [6.07, 6.45) is 9.20. The molecule has 1 aromatic carbocycles. The lowest BCUT2D eigenvalue weighted by molar-refractivity contribution is 0.203. The summed E-state index contributed by atoms with van der Waals surface area (Å²) < 4.78 is 0. The average Bonchev–Trinajstić information content (AvgIpc) is 2.98. The van der Waals surface area contributed by atoms with Gasteiger partial charge in [-0.2, -0.15) is 0 Å². The lowest BCUT2D eigenvalue weighted by atomic mass is 9.73. The third kappa shape index (κ3) is 4.22. The van der Waals surface area contributed by atoms with Crippen LogP contribution in [0.25, 0.3) is 0 Å². The maximum atomic E-state index is 9.56. The first kappa shape index (κ1) is 17.1. The topological polar surface area (TPSA) is 47.9 Å². The molecule has 24 heavy (non-hydrogen) atoms. The van der Waals surface area contributed by atoms with Crippen LogP contribution in [0, 0.1) is 5.41 Å². The first-order chi connectivity index (χ1) is 11.7. The van der Waals surface area contributed by atoms with Crippen LogP contribution in [0.2, 0.25) is 0 Å². The number of phenols is 1. The number of nitrogens with one attached hydrogen (secondary N) is 1. The summed E-state index contributed by atoms with van der Waals surface area (Å²) in [6.45, 7) is 6.11. The van der Waals surface area contributed by atoms with E-state index in [1.54, 1.807) is 6.07 Å². The Kier molecular flexibility index (Phi) is 5.64. The number of rotatable bonds is 4. The maximum Gasteiger partial charge on any atom is 0.193 e. The molecule has 0 radical (unpaired) electrons. The zero-order valence-corrected chi connectivity index (χ0v) is 14.9. The molecule has 1 saturated carbocycles. The molecule has 1 aliphatic carbocycles. The van der Waals surface area contributed by atoms with E-state index in [4.69, 9.17) is 4.99 Å². The van der Waals surface area contributed by atoms with E-state index in [-0.39, 0.29) is 0 Å². The molecule has 4 heteroatoms. The van der Waals surface area contributed by atoms with Crippen molar-refractivity contribution in [3.8, 4) is 5.75 Å². The number of nitrogens with zero attached hydrogens (tertiary/aromatic N) is 2. The van der Waals surface area contributed by atoms with Crippen molar-refractivity contribution in [1.29, 1.82) is 0 Å². The summed E-state index contributed by atoms with van der Waals surface area (Å²) in [4.78, 5) is 7.32. The Labute approximate surface area is 146 Å². The molecule has 1 saturated heterocycles. The summed E-state index contributed by atoms with van der Waals surface area (Å²) >= 11 is 0. The fourth-order valence-corrected chi connectivity index (χ4v) is 4.25. The second kappa shape index (κ2) is 7.91. The first-order valence-corrected chi connectivity index (χ1v) is 9.52. The van der Waals surface area contributed by atoms with Gasteiger partial charge in [-0.1, -0.05) is 31.4 Å². The quantitative estimate of drug-likeness (QED) is 0.656. The number of hydrogen-bond acceptors (Lipinski definition) is 2. The second-order valence-electron chi connectivity index (χ2n) is 7.39. The van der Waals surface area contributed by atoms with Gasteiger partial charge >= 0.3 is 0 Å². The highest BCUT2D eigenvalue weighted by Gasteiger charge is 2.39. The lowest BCUT2D eigenvalue weighted by Crippen LogP contribution is -2.41. The third-order valence-electron chi connectivity index (χ3n) is 5.56. The molecule has 3 rings (SSSR count). The highest BCUT2D eigenvalue weighted by atomic mass is 16.3. The largest absolute Gasteiger partial charge is 0.508 e. The number of likely N-dealkylation sites (tertiary alicyclic amines) is 1. The zero-order valence-electron chi connectivity index (χ0n) is 14.9. The average molecular weight is 329 g/mol. The van der Waals surface area contributed by atoms with Gasteiger partial charge in [0.25, 0.3) is 0 Å². The van der Waals surface area contributed by atoms with Gasteiger partial charge < -0.3 is 15.3 Å². The highest BCUT2D eigenvalue weighted by Crippen LogP contribution is 2.43. The molecule has 0 unspecified atom stereocenters. The van der Waals surface area contributed by atoms with E-state index in [1.165, 1.54) is 45.1 Å². The van der Waals surface area contributed by atoms with Crippen molar-refractivity contribution in [2.45, 2.75) is 51.9 Å². The van der Waals surface area contributed by atoms with Crippen molar-refractivity contribution < 1.29 is 5.11 Å². The van der Waals surface area contributed by atoms with Crippen LogP contribution >= 0.6 is 0 Å². The molecule has 2 aliphatic rings. The Morgan fingerprint density at radius 2 is 2.08 bits per heavy atom. The molecule has 2 fully saturated rings. The van der Waals surface area contributed by atoms with E-state index in [0.717, 1.165) is 37.6 Å². The molecule has 0 amide bonds. The molecular formula is C20H31N3O. The van der Waals surface area contributed by atoms with Gasteiger partial charge in [-0.25, -0.2) is 0 Å². The normalized spacial score (nSPS) is 20.5. The smallest absolute Gasteiger partial charge is 0.193 e. The Hall–Kier alpha value is -1.71. The third-order valence-corrected chi connectivity index (χ3v) is 5.56. The van der Waals surface area contributed by atoms with Crippen LogP contribution in [0.4, 0.5) is 0 Å². The Balaban J connectivity index is 1.59. The van der Waals surface area contributed by atoms with Crippen molar-refractivity contribution in [2.24, 2.45) is 10.4 Å². The highest BCUT2D eigenvalue weighted by molar-refractivity contribution is 5.80. The fourth-order valence-electron chi connectivity index (χ4n) is 4.25. The number of hydrogen-bond donors (Lipinski definition) is 2. The predicted octanol–water partition coefficient (Wildman–Crippen LogP) is 3.56. The van der Waals surface area contributed by atoms with Crippen LogP contribution in [0.1, 0.15) is 51.0 Å². The molecule has 4 nitrogen and oxygen atoms in total. The number of phenolic OH excluding ortho intramolecular Hbond substituents is 1. The second-order valence-corrected chi connectivity index (χ2v) is 7.39. The molecule has 1 spiro atoms. The van der Waals surface area contributed by atoms with Gasteiger partial charge in [0.2, 0.25) is 0 Å². The van der Waals surface area contributed by atoms with E-state index in [9.17, 15) is 5.11 Å². The monoisotopic (exact) mass is 329 g/mol. The number of aromatic hydroxyl groups is 1. The zero-order chi connectivity index (χ0) is 16.8. The summed E-state index contributed by atoms with van der Waals surface area (Å²) in [7, 11) is 0. The SMILES string of the molecule is CCNC(=NCCc1cccc(O)c1)N1CCC2(CCCCC2)C1. The van der Waals surface area contributed by atoms with E-state index in [1.807, 2.05) is 12.1 Å². The minimum Gasteiger partial charge on any atom is -0.508 e. The molecule has 1 heterocycles. The summed E-state index contributed by atoms with van der Waals surface area (Å²) in [6, 6.07) is 7.49. The van der Waals surface area contributed by atoms with Crippen molar-refractivity contribution >= 4 is 5.96 Å². The van der Waals surface area contributed by atoms with Gasteiger partial charge in [0.05, 0.1) is 0 Å². The lowest BCUT2D eigenvalue weighted by Gasteiger charge is -2.33. The summed E-state index contributed by atoms with van der Waals surface area (Å²) in [5, 5.41) is 13.0. The van der Waals surface area contributed by atoms with E-state index < -0.39 is 0 Å². The van der Waals surface area contributed by atoms with E-state index in [0.29, 0.717) is 11.2 Å². The number of guanidine groups is 1. The Morgan fingerprint density at radius 1 is 1.25 bits per heavy atom. The van der Waals surface area contributed by atoms with Crippen molar-refractivity contribution in [3.63, 3.8) is 0 Å². The van der Waals surface area contributed by atoms with Gasteiger partial charge in [-0.05, 0) is 55.7 Å². The minimum absolute atomic E-state index is 0.335. The van der Waals surface area contributed by atoms with Crippen LogP contribution in [0.15, 0.2) is 29.3 Å². The van der Waals surface area contributed by atoms with Crippen LogP contribution < -0.4 is 5.32 Å². The van der Waals surface area contributed by atoms with Gasteiger partial charge in [-0.3, -0.25) is 4.99 Å².